The van der Waals surface area contributed by atoms with Crippen LogP contribution >= 0.6 is 22.9 Å². The third kappa shape index (κ3) is 3.52. The predicted octanol–water partition coefficient (Wildman–Crippen LogP) is 3.32. The van der Waals surface area contributed by atoms with Gasteiger partial charge in [-0.25, -0.2) is 9.97 Å². The summed E-state index contributed by atoms with van der Waals surface area (Å²) >= 11 is 7.28. The first-order valence-electron chi connectivity index (χ1n) is 5.89. The average molecular weight is 296 g/mol. The smallest absolute Gasteiger partial charge is 0.271 e. The highest BCUT2D eigenvalue weighted by atomic mass is 35.5. The summed E-state index contributed by atoms with van der Waals surface area (Å²) in [6.07, 6.45) is 2.75. The number of thiophene rings is 1. The number of aromatic nitrogens is 2. The van der Waals surface area contributed by atoms with E-state index in [0.717, 1.165) is 4.88 Å². The van der Waals surface area contributed by atoms with E-state index in [4.69, 9.17) is 11.6 Å². The van der Waals surface area contributed by atoms with Crippen LogP contribution in [0.1, 0.15) is 35.3 Å². The number of nitrogens with one attached hydrogen (secondary N) is 1. The molecule has 1 atom stereocenters. The van der Waals surface area contributed by atoms with Gasteiger partial charge in [-0.05, 0) is 17.4 Å². The number of hydrogen-bond donors (Lipinski definition) is 1. The van der Waals surface area contributed by atoms with Crippen molar-refractivity contribution in [1.82, 2.24) is 15.3 Å². The van der Waals surface area contributed by atoms with Crippen LogP contribution in [0.25, 0.3) is 0 Å². The normalized spacial score (nSPS) is 12.4. The van der Waals surface area contributed by atoms with Gasteiger partial charge in [0.2, 0.25) is 0 Å². The summed E-state index contributed by atoms with van der Waals surface area (Å²) in [4.78, 5) is 21.1. The van der Waals surface area contributed by atoms with Gasteiger partial charge in [-0.1, -0.05) is 31.5 Å². The Morgan fingerprint density at radius 1 is 1.37 bits per heavy atom. The molecule has 0 fully saturated rings. The van der Waals surface area contributed by atoms with Crippen molar-refractivity contribution in [2.45, 2.75) is 19.9 Å². The molecule has 0 radical (unpaired) electrons. The average Bonchev–Trinajstić information content (AvgIpc) is 2.89. The third-order valence-electron chi connectivity index (χ3n) is 2.66. The first-order valence-corrected chi connectivity index (χ1v) is 7.15. The second-order valence-electron chi connectivity index (χ2n) is 4.43. The maximum absolute atomic E-state index is 12.1. The van der Waals surface area contributed by atoms with E-state index < -0.39 is 0 Å². The molecule has 2 heterocycles. The minimum Gasteiger partial charge on any atom is -0.343 e. The van der Waals surface area contributed by atoms with E-state index >= 15 is 0 Å². The van der Waals surface area contributed by atoms with Gasteiger partial charge >= 0.3 is 0 Å². The highest BCUT2D eigenvalue weighted by Gasteiger charge is 2.20. The van der Waals surface area contributed by atoms with E-state index in [9.17, 15) is 4.79 Å². The predicted molar refractivity (Wildman–Crippen MR) is 76.4 cm³/mol. The van der Waals surface area contributed by atoms with Crippen molar-refractivity contribution >= 4 is 28.8 Å². The monoisotopic (exact) mass is 295 g/mol. The summed E-state index contributed by atoms with van der Waals surface area (Å²) < 4.78 is 0. The molecule has 19 heavy (non-hydrogen) atoms. The fourth-order valence-electron chi connectivity index (χ4n) is 1.68. The minimum atomic E-state index is -0.240. The largest absolute Gasteiger partial charge is 0.343 e. The number of hydrogen-bond acceptors (Lipinski definition) is 4. The molecule has 1 N–H and O–H groups in total. The standard InChI is InChI=1S/C13H14ClN3OS/c1-8(2)12(10-4-3-5-19-10)17-13(18)9-6-16-11(14)7-15-9/h3-8,12H,1-2H3,(H,17,18). The van der Waals surface area contributed by atoms with Gasteiger partial charge in [0.15, 0.2) is 0 Å². The van der Waals surface area contributed by atoms with E-state index in [1.165, 1.54) is 12.4 Å². The SMILES string of the molecule is CC(C)C(NC(=O)c1cnc(Cl)cn1)c1cccs1. The van der Waals surface area contributed by atoms with Gasteiger partial charge in [-0.2, -0.15) is 0 Å². The van der Waals surface area contributed by atoms with E-state index in [-0.39, 0.29) is 22.8 Å². The summed E-state index contributed by atoms with van der Waals surface area (Å²) in [5.74, 6) is 0.0547. The summed E-state index contributed by atoms with van der Waals surface area (Å²) in [5.41, 5.74) is 0.270. The first-order chi connectivity index (χ1) is 9.08. The Balaban J connectivity index is 2.14. The third-order valence-corrected chi connectivity index (χ3v) is 3.81. The van der Waals surface area contributed by atoms with Crippen LogP contribution in [-0.2, 0) is 0 Å². The zero-order valence-corrected chi connectivity index (χ0v) is 12.2. The van der Waals surface area contributed by atoms with E-state index in [0.29, 0.717) is 5.92 Å². The molecule has 2 aromatic heterocycles. The van der Waals surface area contributed by atoms with Crippen LogP contribution in [0.2, 0.25) is 5.15 Å². The molecule has 0 aliphatic heterocycles. The van der Waals surface area contributed by atoms with Gasteiger partial charge in [0, 0.05) is 4.88 Å². The molecule has 1 amide bonds. The second-order valence-corrected chi connectivity index (χ2v) is 5.80. The van der Waals surface area contributed by atoms with Crippen LogP contribution in [0.3, 0.4) is 0 Å². The molecule has 0 aliphatic rings. The molecule has 0 spiro atoms. The topological polar surface area (TPSA) is 54.9 Å². The van der Waals surface area contributed by atoms with Gasteiger partial charge in [-0.15, -0.1) is 11.3 Å². The zero-order valence-electron chi connectivity index (χ0n) is 10.6. The van der Waals surface area contributed by atoms with Gasteiger partial charge in [0.05, 0.1) is 18.4 Å². The quantitative estimate of drug-likeness (QED) is 0.941. The maximum Gasteiger partial charge on any atom is 0.271 e. The Kier molecular flexibility index (Phi) is 4.50. The second kappa shape index (κ2) is 6.12. The molecular formula is C13H14ClN3OS. The lowest BCUT2D eigenvalue weighted by molar-refractivity contribution is 0.0921. The fraction of sp³-hybridized carbons (Fsp3) is 0.308. The van der Waals surface area contributed by atoms with Crippen molar-refractivity contribution in [3.05, 3.63) is 45.6 Å². The number of nitrogens with zero attached hydrogens (tertiary/aromatic N) is 2. The van der Waals surface area contributed by atoms with E-state index in [2.05, 4.69) is 29.1 Å². The van der Waals surface area contributed by atoms with Gasteiger partial charge < -0.3 is 5.32 Å². The van der Waals surface area contributed by atoms with Crippen molar-refractivity contribution in [1.29, 1.82) is 0 Å². The zero-order chi connectivity index (χ0) is 13.8. The number of carbonyl (C=O) groups excluding carboxylic acids is 1. The van der Waals surface area contributed by atoms with E-state index in [1.54, 1.807) is 11.3 Å². The fourth-order valence-corrected chi connectivity index (χ4v) is 2.73. The highest BCUT2D eigenvalue weighted by Crippen LogP contribution is 2.25. The molecule has 4 nitrogen and oxygen atoms in total. The molecule has 0 saturated carbocycles. The van der Waals surface area contributed by atoms with Crippen LogP contribution in [-0.4, -0.2) is 15.9 Å². The highest BCUT2D eigenvalue weighted by molar-refractivity contribution is 7.10. The molecule has 0 aromatic carbocycles. The van der Waals surface area contributed by atoms with Crippen LogP contribution in [0, 0.1) is 5.92 Å². The Morgan fingerprint density at radius 3 is 2.68 bits per heavy atom. The van der Waals surface area contributed by atoms with Gasteiger partial charge in [0.25, 0.3) is 5.91 Å². The number of carbonyl (C=O) groups is 1. The van der Waals surface area contributed by atoms with Gasteiger partial charge in [0.1, 0.15) is 10.8 Å². The lowest BCUT2D eigenvalue weighted by Gasteiger charge is -2.20. The lowest BCUT2D eigenvalue weighted by Crippen LogP contribution is -2.31. The Hall–Kier alpha value is -1.46. The Bertz CT molecular complexity index is 540. The van der Waals surface area contributed by atoms with Crippen molar-refractivity contribution in [3.63, 3.8) is 0 Å². The molecular weight excluding hydrogens is 282 g/mol. The van der Waals surface area contributed by atoms with E-state index in [1.807, 2.05) is 17.5 Å². The molecule has 6 heteroatoms. The number of rotatable bonds is 4. The molecule has 2 aromatic rings. The Labute approximate surface area is 120 Å². The molecule has 100 valence electrons. The summed E-state index contributed by atoms with van der Waals surface area (Å²) in [6, 6.07) is 3.97. The molecule has 0 saturated heterocycles. The lowest BCUT2D eigenvalue weighted by atomic mass is 10.0. The summed E-state index contributed by atoms with van der Waals surface area (Å²) in [5, 5.41) is 5.25. The first kappa shape index (κ1) is 14.0. The summed E-state index contributed by atoms with van der Waals surface area (Å²) in [7, 11) is 0. The van der Waals surface area contributed by atoms with Gasteiger partial charge in [-0.3, -0.25) is 4.79 Å². The van der Waals surface area contributed by atoms with Crippen molar-refractivity contribution < 1.29 is 4.79 Å². The van der Waals surface area contributed by atoms with Crippen molar-refractivity contribution in [2.24, 2.45) is 5.92 Å². The van der Waals surface area contributed by atoms with Crippen LogP contribution in [0.15, 0.2) is 29.9 Å². The van der Waals surface area contributed by atoms with Crippen molar-refractivity contribution in [3.8, 4) is 0 Å². The van der Waals surface area contributed by atoms with Crippen LogP contribution in [0.4, 0.5) is 0 Å². The molecule has 1 unspecified atom stereocenters. The summed E-state index contributed by atoms with van der Waals surface area (Å²) in [6.45, 7) is 4.14. The number of halogens is 1. The minimum absolute atomic E-state index is 0.0232. The Morgan fingerprint density at radius 2 is 2.16 bits per heavy atom. The molecule has 2 rings (SSSR count). The van der Waals surface area contributed by atoms with Crippen LogP contribution < -0.4 is 5.32 Å². The molecule has 0 bridgehead atoms. The maximum atomic E-state index is 12.1. The van der Waals surface area contributed by atoms with Crippen LogP contribution in [0.5, 0.6) is 0 Å². The number of amides is 1. The molecule has 0 aliphatic carbocycles. The van der Waals surface area contributed by atoms with Crippen molar-refractivity contribution in [2.75, 3.05) is 0 Å².